The van der Waals surface area contributed by atoms with Crippen LogP contribution in [0.3, 0.4) is 0 Å². The molecule has 1 aliphatic rings. The summed E-state index contributed by atoms with van der Waals surface area (Å²) in [7, 11) is 1.53. The lowest BCUT2D eigenvalue weighted by Crippen LogP contribution is -2.16. The summed E-state index contributed by atoms with van der Waals surface area (Å²) in [6.07, 6.45) is 4.37. The number of aromatic nitrogens is 2. The third kappa shape index (κ3) is 3.89. The summed E-state index contributed by atoms with van der Waals surface area (Å²) in [4.78, 5) is 12.6. The zero-order chi connectivity index (χ0) is 18.0. The molecule has 0 spiro atoms. The van der Waals surface area contributed by atoms with E-state index in [4.69, 9.17) is 0 Å². The molecule has 1 N–H and O–H groups in total. The van der Waals surface area contributed by atoms with Gasteiger partial charge in [0.2, 0.25) is 0 Å². The number of rotatable bonds is 4. The highest BCUT2D eigenvalue weighted by Gasteiger charge is 2.24. The smallest absolute Gasteiger partial charge is 0.282 e. The number of benzene rings is 1. The summed E-state index contributed by atoms with van der Waals surface area (Å²) in [6, 6.07) is 5.90. The Morgan fingerprint density at radius 2 is 2.00 bits per heavy atom. The number of carbonyl (C=O) groups excluding carboxylic acids is 1. The summed E-state index contributed by atoms with van der Waals surface area (Å²) in [6.45, 7) is 2.02. The largest absolute Gasteiger partial charge is 0.322 e. The van der Waals surface area contributed by atoms with Gasteiger partial charge >= 0.3 is 0 Å². The van der Waals surface area contributed by atoms with Crippen LogP contribution >= 0.6 is 0 Å². The van der Waals surface area contributed by atoms with Crippen LogP contribution in [0.25, 0.3) is 0 Å². The quantitative estimate of drug-likeness (QED) is 0.849. The fourth-order valence-electron chi connectivity index (χ4n) is 3.58. The van der Waals surface area contributed by atoms with Gasteiger partial charge in [0.05, 0.1) is 5.56 Å². The molecule has 134 valence electrons. The highest BCUT2D eigenvalue weighted by Crippen LogP contribution is 2.37. The highest BCUT2D eigenvalue weighted by atomic mass is 19.3. The van der Waals surface area contributed by atoms with Crippen molar-refractivity contribution >= 4 is 11.6 Å². The molecule has 1 aliphatic carbocycles. The first-order valence-electron chi connectivity index (χ1n) is 8.69. The maximum Gasteiger partial charge on any atom is 0.282 e. The van der Waals surface area contributed by atoms with Crippen molar-refractivity contribution in [3.05, 3.63) is 46.8 Å². The first-order valence-corrected chi connectivity index (χ1v) is 8.69. The van der Waals surface area contributed by atoms with Crippen LogP contribution < -0.4 is 5.32 Å². The van der Waals surface area contributed by atoms with Crippen molar-refractivity contribution in [3.8, 4) is 0 Å². The van der Waals surface area contributed by atoms with Gasteiger partial charge in [0.15, 0.2) is 0 Å². The SMILES string of the molecule is Cc1ccc(NC(=O)c2cn(C)nc2C(F)F)c(C2CCCCC2)c1. The van der Waals surface area contributed by atoms with Gasteiger partial charge in [-0.25, -0.2) is 8.78 Å². The van der Waals surface area contributed by atoms with Crippen LogP contribution in [-0.2, 0) is 7.05 Å². The molecule has 0 unspecified atom stereocenters. The van der Waals surface area contributed by atoms with Gasteiger partial charge < -0.3 is 5.32 Å². The van der Waals surface area contributed by atoms with E-state index in [9.17, 15) is 13.6 Å². The number of carbonyl (C=O) groups is 1. The number of halogens is 2. The monoisotopic (exact) mass is 347 g/mol. The third-order valence-electron chi connectivity index (χ3n) is 4.81. The number of amides is 1. The van der Waals surface area contributed by atoms with Gasteiger partial charge in [0, 0.05) is 18.9 Å². The molecule has 0 atom stereocenters. The third-order valence-corrected chi connectivity index (χ3v) is 4.81. The minimum Gasteiger partial charge on any atom is -0.322 e. The van der Waals surface area contributed by atoms with Gasteiger partial charge in [0.25, 0.3) is 12.3 Å². The van der Waals surface area contributed by atoms with Crippen molar-refractivity contribution in [1.82, 2.24) is 9.78 Å². The molecule has 25 heavy (non-hydrogen) atoms. The average molecular weight is 347 g/mol. The first-order chi connectivity index (χ1) is 12.0. The van der Waals surface area contributed by atoms with Crippen LogP contribution in [-0.4, -0.2) is 15.7 Å². The van der Waals surface area contributed by atoms with E-state index in [1.165, 1.54) is 37.2 Å². The maximum absolute atomic E-state index is 13.1. The zero-order valence-corrected chi connectivity index (χ0v) is 14.6. The summed E-state index contributed by atoms with van der Waals surface area (Å²) in [5.41, 5.74) is 2.40. The van der Waals surface area contributed by atoms with E-state index >= 15 is 0 Å². The van der Waals surface area contributed by atoms with Gasteiger partial charge in [-0.1, -0.05) is 37.0 Å². The lowest BCUT2D eigenvalue weighted by atomic mass is 9.83. The van der Waals surface area contributed by atoms with Crippen molar-refractivity contribution < 1.29 is 13.6 Å². The topological polar surface area (TPSA) is 46.9 Å². The Labute approximate surface area is 146 Å². The second kappa shape index (κ2) is 7.33. The van der Waals surface area contributed by atoms with E-state index in [-0.39, 0.29) is 5.56 Å². The van der Waals surface area contributed by atoms with Crippen molar-refractivity contribution in [2.24, 2.45) is 7.05 Å². The Bertz CT molecular complexity index is 764. The van der Waals surface area contributed by atoms with E-state index in [2.05, 4.69) is 16.5 Å². The molecule has 1 heterocycles. The Balaban J connectivity index is 1.89. The summed E-state index contributed by atoms with van der Waals surface area (Å²) >= 11 is 0. The average Bonchev–Trinajstić information content (AvgIpc) is 2.99. The molecule has 4 nitrogen and oxygen atoms in total. The molecule has 3 rings (SSSR count). The molecular formula is C19H23F2N3O. The Kier molecular flexibility index (Phi) is 5.16. The molecule has 1 fully saturated rings. The van der Waals surface area contributed by atoms with E-state index in [0.29, 0.717) is 11.6 Å². The van der Waals surface area contributed by atoms with Gasteiger partial charge in [-0.05, 0) is 37.3 Å². The number of nitrogens with one attached hydrogen (secondary N) is 1. The van der Waals surface area contributed by atoms with E-state index in [0.717, 1.165) is 24.0 Å². The van der Waals surface area contributed by atoms with E-state index < -0.39 is 18.0 Å². The van der Waals surface area contributed by atoms with E-state index in [1.807, 2.05) is 19.1 Å². The van der Waals surface area contributed by atoms with Crippen molar-refractivity contribution in [2.45, 2.75) is 51.4 Å². The minimum absolute atomic E-state index is 0.0762. The summed E-state index contributed by atoms with van der Waals surface area (Å²) in [5.74, 6) is -0.128. The predicted octanol–water partition coefficient (Wildman–Crippen LogP) is 4.97. The zero-order valence-electron chi connectivity index (χ0n) is 14.6. The van der Waals surface area contributed by atoms with Crippen LogP contribution in [0.4, 0.5) is 14.5 Å². The molecule has 0 aliphatic heterocycles. The van der Waals surface area contributed by atoms with E-state index in [1.54, 1.807) is 0 Å². The molecule has 0 radical (unpaired) electrons. The van der Waals surface area contributed by atoms with Crippen molar-refractivity contribution in [3.63, 3.8) is 0 Å². The number of hydrogen-bond acceptors (Lipinski definition) is 2. The normalized spacial score (nSPS) is 15.6. The first kappa shape index (κ1) is 17.6. The highest BCUT2D eigenvalue weighted by molar-refractivity contribution is 6.05. The maximum atomic E-state index is 13.1. The number of aryl methyl sites for hydroxylation is 2. The van der Waals surface area contributed by atoms with Gasteiger partial charge in [0.1, 0.15) is 5.69 Å². The predicted molar refractivity (Wildman–Crippen MR) is 93.1 cm³/mol. The molecule has 1 aromatic heterocycles. The Morgan fingerprint density at radius 1 is 1.28 bits per heavy atom. The standard InChI is InChI=1S/C19H23F2N3O/c1-12-8-9-16(14(10-12)13-6-4-3-5-7-13)22-19(25)15-11-24(2)23-17(15)18(20)21/h8-11,13,18H,3-7H2,1-2H3,(H,22,25). The minimum atomic E-state index is -2.78. The lowest BCUT2D eigenvalue weighted by molar-refractivity contribution is 0.101. The van der Waals surface area contributed by atoms with Crippen molar-refractivity contribution in [2.75, 3.05) is 5.32 Å². The molecule has 1 amide bonds. The molecular weight excluding hydrogens is 324 g/mol. The Hall–Kier alpha value is -2.24. The fraction of sp³-hybridized carbons (Fsp3) is 0.474. The van der Waals surface area contributed by atoms with Crippen LogP contribution in [0.2, 0.25) is 0 Å². The molecule has 6 heteroatoms. The second-order valence-electron chi connectivity index (χ2n) is 6.78. The van der Waals surface area contributed by atoms with Crippen LogP contribution in [0.15, 0.2) is 24.4 Å². The Morgan fingerprint density at radius 3 is 2.68 bits per heavy atom. The number of alkyl halides is 2. The molecule has 0 bridgehead atoms. The molecule has 0 saturated heterocycles. The lowest BCUT2D eigenvalue weighted by Gasteiger charge is -2.25. The van der Waals surface area contributed by atoms with Crippen LogP contribution in [0, 0.1) is 6.92 Å². The summed E-state index contributed by atoms with van der Waals surface area (Å²) < 4.78 is 27.5. The number of nitrogens with zero attached hydrogens (tertiary/aromatic N) is 2. The molecule has 2 aromatic rings. The van der Waals surface area contributed by atoms with Crippen LogP contribution in [0.1, 0.15) is 71.6 Å². The van der Waals surface area contributed by atoms with Crippen molar-refractivity contribution in [1.29, 1.82) is 0 Å². The number of anilines is 1. The van der Waals surface area contributed by atoms with Crippen LogP contribution in [0.5, 0.6) is 0 Å². The fourth-order valence-corrected chi connectivity index (χ4v) is 3.58. The molecule has 1 saturated carbocycles. The second-order valence-corrected chi connectivity index (χ2v) is 6.78. The van der Waals surface area contributed by atoms with Gasteiger partial charge in [-0.3, -0.25) is 9.48 Å². The molecule has 1 aromatic carbocycles. The summed E-state index contributed by atoms with van der Waals surface area (Å²) in [5, 5.41) is 6.54. The van der Waals surface area contributed by atoms with Gasteiger partial charge in [-0.15, -0.1) is 0 Å². The van der Waals surface area contributed by atoms with Gasteiger partial charge in [-0.2, -0.15) is 5.10 Å². The number of hydrogen-bond donors (Lipinski definition) is 1.